The number of thiazole rings is 1. The Morgan fingerprint density at radius 1 is 1.41 bits per heavy atom. The minimum atomic E-state index is -1.08. The number of carbonyl (C=O) groups is 1. The third kappa shape index (κ3) is 4.48. The highest BCUT2D eigenvalue weighted by Gasteiger charge is 2.09. The van der Waals surface area contributed by atoms with E-state index in [9.17, 15) is 9.00 Å². The van der Waals surface area contributed by atoms with Gasteiger partial charge >= 0.3 is 0 Å². The van der Waals surface area contributed by atoms with Crippen LogP contribution in [0.5, 0.6) is 0 Å². The molecule has 0 saturated carbocycles. The molecule has 2 aromatic rings. The molecule has 1 heterocycles. The maximum atomic E-state index is 12.1. The van der Waals surface area contributed by atoms with Crippen LogP contribution in [0.3, 0.4) is 0 Å². The van der Waals surface area contributed by atoms with Crippen LogP contribution in [0.2, 0.25) is 0 Å². The first-order chi connectivity index (χ1) is 10.5. The monoisotopic (exact) mass is 336 g/mol. The highest BCUT2D eigenvalue weighted by molar-refractivity contribution is 7.84. The Morgan fingerprint density at radius 2 is 2.18 bits per heavy atom. The number of hydrogen-bond donors (Lipinski definition) is 1. The molecule has 1 aromatic heterocycles. The Labute approximate surface area is 137 Å². The summed E-state index contributed by atoms with van der Waals surface area (Å²) in [6.07, 6.45) is 2.32. The third-order valence-corrected chi connectivity index (χ3v) is 5.27. The Bertz CT molecular complexity index is 680. The molecule has 4 nitrogen and oxygen atoms in total. The quantitative estimate of drug-likeness (QED) is 0.882. The number of nitrogens with one attached hydrogen (secondary N) is 1. The molecule has 0 radical (unpaired) electrons. The van der Waals surface area contributed by atoms with Crippen LogP contribution in [0.4, 0.5) is 0 Å². The molecule has 1 N–H and O–H groups in total. The first kappa shape index (κ1) is 16.8. The van der Waals surface area contributed by atoms with Crippen LogP contribution in [0.1, 0.15) is 40.8 Å². The number of amides is 1. The van der Waals surface area contributed by atoms with Gasteiger partial charge in [0.05, 0.1) is 10.7 Å². The van der Waals surface area contributed by atoms with E-state index in [-0.39, 0.29) is 5.91 Å². The zero-order chi connectivity index (χ0) is 16.1. The van der Waals surface area contributed by atoms with Crippen LogP contribution in [-0.2, 0) is 17.2 Å². The first-order valence-corrected chi connectivity index (χ1v) is 9.57. The molecule has 1 atom stereocenters. The molecule has 0 aliphatic carbocycles. The molecule has 1 unspecified atom stereocenters. The van der Waals surface area contributed by atoms with E-state index in [2.05, 4.69) is 24.1 Å². The molecule has 22 heavy (non-hydrogen) atoms. The normalized spacial score (nSPS) is 12.4. The summed E-state index contributed by atoms with van der Waals surface area (Å²) in [6.45, 7) is 4.78. The van der Waals surface area contributed by atoms with Gasteiger partial charge in [0.25, 0.3) is 5.91 Å². The molecule has 0 saturated heterocycles. The van der Waals surface area contributed by atoms with E-state index in [1.54, 1.807) is 41.9 Å². The third-order valence-electron chi connectivity index (χ3n) is 3.16. The lowest BCUT2D eigenvalue weighted by Crippen LogP contribution is -2.25. The molecule has 1 amide bonds. The number of rotatable bonds is 6. The van der Waals surface area contributed by atoms with Crippen LogP contribution >= 0.6 is 11.3 Å². The fourth-order valence-electron chi connectivity index (χ4n) is 1.92. The molecule has 0 bridgehead atoms. The van der Waals surface area contributed by atoms with E-state index >= 15 is 0 Å². The van der Waals surface area contributed by atoms with Gasteiger partial charge in [0.1, 0.15) is 0 Å². The van der Waals surface area contributed by atoms with Gasteiger partial charge in [0.15, 0.2) is 0 Å². The van der Waals surface area contributed by atoms with E-state index in [0.29, 0.717) is 29.3 Å². The second-order valence-corrected chi connectivity index (χ2v) is 7.59. The number of benzene rings is 1. The van der Waals surface area contributed by atoms with Crippen LogP contribution in [0, 0.1) is 0 Å². The number of carbonyl (C=O) groups excluding carboxylic acids is 1. The SMILES string of the molecule is CC(C)c1nc(CCNC(=O)c2cccc(S(C)=O)c2)cs1. The Hall–Kier alpha value is -1.53. The van der Waals surface area contributed by atoms with E-state index in [0.717, 1.165) is 10.7 Å². The fourth-order valence-corrected chi connectivity index (χ4v) is 3.36. The van der Waals surface area contributed by atoms with Gasteiger partial charge in [0, 0.05) is 51.8 Å². The first-order valence-electron chi connectivity index (χ1n) is 7.13. The average molecular weight is 336 g/mol. The van der Waals surface area contributed by atoms with Gasteiger partial charge in [-0.3, -0.25) is 9.00 Å². The predicted molar refractivity (Wildman–Crippen MR) is 91.0 cm³/mol. The van der Waals surface area contributed by atoms with E-state index < -0.39 is 10.8 Å². The Morgan fingerprint density at radius 3 is 2.82 bits per heavy atom. The zero-order valence-electron chi connectivity index (χ0n) is 13.0. The lowest BCUT2D eigenvalue weighted by atomic mass is 10.2. The van der Waals surface area contributed by atoms with Gasteiger partial charge in [-0.05, 0) is 18.2 Å². The standard InChI is InChI=1S/C16H20N2O2S2/c1-11(2)16-18-13(10-21-16)7-8-17-15(19)12-5-4-6-14(9-12)22(3)20/h4-6,9-11H,7-8H2,1-3H3,(H,17,19). The summed E-state index contributed by atoms with van der Waals surface area (Å²) in [5.74, 6) is 0.289. The van der Waals surface area contributed by atoms with Gasteiger partial charge in [-0.2, -0.15) is 0 Å². The van der Waals surface area contributed by atoms with Gasteiger partial charge in [-0.15, -0.1) is 11.3 Å². The van der Waals surface area contributed by atoms with Crippen LogP contribution < -0.4 is 5.32 Å². The van der Waals surface area contributed by atoms with Crippen LogP contribution in [0.25, 0.3) is 0 Å². The Kier molecular flexibility index (Phi) is 5.85. The van der Waals surface area contributed by atoms with Crippen molar-refractivity contribution in [1.82, 2.24) is 10.3 Å². The summed E-state index contributed by atoms with van der Waals surface area (Å²) >= 11 is 1.66. The van der Waals surface area contributed by atoms with E-state index in [1.807, 2.05) is 5.38 Å². The fraction of sp³-hybridized carbons (Fsp3) is 0.375. The highest BCUT2D eigenvalue weighted by atomic mass is 32.2. The van der Waals surface area contributed by atoms with Crippen molar-refractivity contribution in [2.45, 2.75) is 31.1 Å². The Balaban J connectivity index is 1.89. The molecule has 6 heteroatoms. The number of hydrogen-bond acceptors (Lipinski definition) is 4. The largest absolute Gasteiger partial charge is 0.352 e. The van der Waals surface area contributed by atoms with Crippen molar-refractivity contribution in [3.8, 4) is 0 Å². The van der Waals surface area contributed by atoms with Crippen molar-refractivity contribution in [3.05, 3.63) is 45.9 Å². The van der Waals surface area contributed by atoms with Gasteiger partial charge in [-0.25, -0.2) is 4.98 Å². The number of aromatic nitrogens is 1. The van der Waals surface area contributed by atoms with Crippen molar-refractivity contribution in [3.63, 3.8) is 0 Å². The molecule has 1 aromatic carbocycles. The topological polar surface area (TPSA) is 59.1 Å². The second kappa shape index (κ2) is 7.65. The molecule has 118 valence electrons. The van der Waals surface area contributed by atoms with E-state index in [1.165, 1.54) is 0 Å². The zero-order valence-corrected chi connectivity index (χ0v) is 14.6. The summed E-state index contributed by atoms with van der Waals surface area (Å²) in [5, 5.41) is 6.05. The summed E-state index contributed by atoms with van der Waals surface area (Å²) in [5.41, 5.74) is 1.55. The maximum absolute atomic E-state index is 12.1. The molecular weight excluding hydrogens is 316 g/mol. The van der Waals surface area contributed by atoms with Crippen molar-refractivity contribution in [1.29, 1.82) is 0 Å². The maximum Gasteiger partial charge on any atom is 0.251 e. The smallest absolute Gasteiger partial charge is 0.251 e. The van der Waals surface area contributed by atoms with Gasteiger partial charge in [0.2, 0.25) is 0 Å². The predicted octanol–water partition coefficient (Wildman–Crippen LogP) is 2.98. The summed E-state index contributed by atoms with van der Waals surface area (Å²) in [6, 6.07) is 6.91. The molecule has 0 aliphatic heterocycles. The van der Waals surface area contributed by atoms with Crippen LogP contribution in [-0.4, -0.2) is 27.9 Å². The van der Waals surface area contributed by atoms with Crippen molar-refractivity contribution >= 4 is 28.0 Å². The highest BCUT2D eigenvalue weighted by Crippen LogP contribution is 2.19. The van der Waals surface area contributed by atoms with Crippen molar-refractivity contribution in [2.75, 3.05) is 12.8 Å². The van der Waals surface area contributed by atoms with Gasteiger partial charge in [-0.1, -0.05) is 19.9 Å². The minimum absolute atomic E-state index is 0.147. The van der Waals surface area contributed by atoms with E-state index in [4.69, 9.17) is 0 Å². The second-order valence-electron chi connectivity index (χ2n) is 5.32. The molecule has 0 spiro atoms. The summed E-state index contributed by atoms with van der Waals surface area (Å²) < 4.78 is 11.4. The lowest BCUT2D eigenvalue weighted by Gasteiger charge is -2.05. The van der Waals surface area contributed by atoms with Crippen molar-refractivity contribution < 1.29 is 9.00 Å². The van der Waals surface area contributed by atoms with Crippen LogP contribution in [0.15, 0.2) is 34.5 Å². The molecule has 0 aliphatic rings. The molecule has 0 fully saturated rings. The lowest BCUT2D eigenvalue weighted by molar-refractivity contribution is 0.0954. The van der Waals surface area contributed by atoms with Gasteiger partial charge < -0.3 is 5.32 Å². The summed E-state index contributed by atoms with van der Waals surface area (Å²) in [7, 11) is -1.08. The number of nitrogens with zero attached hydrogens (tertiary/aromatic N) is 1. The average Bonchev–Trinajstić information content (AvgIpc) is 2.96. The molecular formula is C16H20N2O2S2. The summed E-state index contributed by atoms with van der Waals surface area (Å²) in [4.78, 5) is 17.3. The van der Waals surface area contributed by atoms with Crippen molar-refractivity contribution in [2.24, 2.45) is 0 Å². The minimum Gasteiger partial charge on any atom is -0.352 e. The molecule has 2 rings (SSSR count).